The maximum atomic E-state index is 10.3. The lowest BCUT2D eigenvalue weighted by Gasteiger charge is -2.15. The maximum Gasteiger partial charge on any atom is 0.167 e. The normalized spacial score (nSPS) is 15.1. The zero-order valence-electron chi connectivity index (χ0n) is 15.7. The SMILES string of the molecule is Oc1ccccc1-c1nc(-c2ccccc2)nc(C2C=c3ccccc3=CC2)n1. The lowest BCUT2D eigenvalue weighted by Crippen LogP contribution is -2.28. The number of aromatic hydroxyl groups is 1. The van der Waals surface area contributed by atoms with Gasteiger partial charge in [0.1, 0.15) is 11.6 Å². The van der Waals surface area contributed by atoms with E-state index < -0.39 is 0 Å². The van der Waals surface area contributed by atoms with Crippen LogP contribution in [0.25, 0.3) is 34.9 Å². The first-order valence-corrected chi connectivity index (χ1v) is 9.65. The molecular weight excluding hydrogens is 358 g/mol. The van der Waals surface area contributed by atoms with Crippen molar-refractivity contribution in [2.75, 3.05) is 0 Å². The van der Waals surface area contributed by atoms with Gasteiger partial charge in [0.15, 0.2) is 11.6 Å². The van der Waals surface area contributed by atoms with E-state index in [0.717, 1.165) is 12.0 Å². The number of rotatable bonds is 3. The summed E-state index contributed by atoms with van der Waals surface area (Å²) in [6.45, 7) is 0. The highest BCUT2D eigenvalue weighted by Gasteiger charge is 2.19. The average Bonchev–Trinajstić information content (AvgIpc) is 2.79. The predicted octanol–water partition coefficient (Wildman–Crippen LogP) is 3.66. The Bertz CT molecular complexity index is 1300. The number of hydrogen-bond donors (Lipinski definition) is 1. The number of para-hydroxylation sites is 1. The molecule has 0 amide bonds. The Morgan fingerprint density at radius 1 is 0.690 bits per heavy atom. The van der Waals surface area contributed by atoms with Crippen LogP contribution in [0.2, 0.25) is 0 Å². The fraction of sp³-hybridized carbons (Fsp3) is 0.0800. The smallest absolute Gasteiger partial charge is 0.167 e. The van der Waals surface area contributed by atoms with Crippen LogP contribution < -0.4 is 10.4 Å². The van der Waals surface area contributed by atoms with E-state index in [2.05, 4.69) is 35.3 Å². The standard InChI is InChI=1S/C25H19N3O/c29-22-13-7-6-12-21(22)25-27-23(18-9-2-1-3-10-18)26-24(28-25)20-15-14-17-8-4-5-11-19(17)16-20/h1-14,16,20,29H,15H2. The van der Waals surface area contributed by atoms with Gasteiger partial charge in [0.2, 0.25) is 0 Å². The van der Waals surface area contributed by atoms with Gasteiger partial charge in [-0.15, -0.1) is 0 Å². The zero-order chi connectivity index (χ0) is 19.6. The minimum Gasteiger partial charge on any atom is -0.507 e. The van der Waals surface area contributed by atoms with Crippen molar-refractivity contribution in [3.8, 4) is 28.5 Å². The summed E-state index contributed by atoms with van der Waals surface area (Å²) in [4.78, 5) is 14.2. The molecule has 29 heavy (non-hydrogen) atoms. The number of phenolic OH excluding ortho intramolecular Hbond substituents is 1. The number of phenols is 1. The second kappa shape index (κ2) is 7.32. The number of benzene rings is 3. The highest BCUT2D eigenvalue weighted by Crippen LogP contribution is 2.30. The summed E-state index contributed by atoms with van der Waals surface area (Å²) in [5.74, 6) is 2.02. The molecule has 1 atom stereocenters. The van der Waals surface area contributed by atoms with Crippen LogP contribution in [-0.4, -0.2) is 20.1 Å². The van der Waals surface area contributed by atoms with Gasteiger partial charge in [-0.1, -0.05) is 78.9 Å². The van der Waals surface area contributed by atoms with Crippen molar-refractivity contribution in [3.05, 3.63) is 95.1 Å². The summed E-state index contributed by atoms with van der Waals surface area (Å²) >= 11 is 0. The van der Waals surface area contributed by atoms with Crippen LogP contribution in [0.3, 0.4) is 0 Å². The van der Waals surface area contributed by atoms with Gasteiger partial charge in [-0.25, -0.2) is 15.0 Å². The van der Waals surface area contributed by atoms with Crippen molar-refractivity contribution < 1.29 is 5.11 Å². The van der Waals surface area contributed by atoms with Crippen molar-refractivity contribution in [1.82, 2.24) is 15.0 Å². The van der Waals surface area contributed by atoms with Gasteiger partial charge in [0, 0.05) is 11.5 Å². The summed E-state index contributed by atoms with van der Waals surface area (Å²) < 4.78 is 0. The first-order chi connectivity index (χ1) is 14.3. The molecule has 1 aliphatic carbocycles. The van der Waals surface area contributed by atoms with Crippen LogP contribution in [-0.2, 0) is 0 Å². The molecule has 4 aromatic rings. The monoisotopic (exact) mass is 377 g/mol. The van der Waals surface area contributed by atoms with Crippen molar-refractivity contribution in [2.24, 2.45) is 0 Å². The minimum atomic E-state index is 0.0555. The van der Waals surface area contributed by atoms with Crippen molar-refractivity contribution in [1.29, 1.82) is 0 Å². The molecule has 1 N–H and O–H groups in total. The van der Waals surface area contributed by atoms with Crippen LogP contribution in [0, 0.1) is 0 Å². The Kier molecular flexibility index (Phi) is 4.37. The van der Waals surface area contributed by atoms with E-state index in [4.69, 9.17) is 9.97 Å². The number of hydrogen-bond acceptors (Lipinski definition) is 4. The molecule has 3 aromatic carbocycles. The summed E-state index contributed by atoms with van der Waals surface area (Å²) in [7, 11) is 0. The van der Waals surface area contributed by atoms with Crippen molar-refractivity contribution in [2.45, 2.75) is 12.3 Å². The van der Waals surface area contributed by atoms with E-state index in [1.807, 2.05) is 48.5 Å². The molecule has 0 bridgehead atoms. The van der Waals surface area contributed by atoms with Crippen molar-refractivity contribution in [3.63, 3.8) is 0 Å². The second-order valence-corrected chi connectivity index (χ2v) is 7.07. The van der Waals surface area contributed by atoms with E-state index >= 15 is 0 Å². The van der Waals surface area contributed by atoms with Gasteiger partial charge in [0.25, 0.3) is 0 Å². The van der Waals surface area contributed by atoms with Crippen molar-refractivity contribution >= 4 is 12.2 Å². The van der Waals surface area contributed by atoms with E-state index in [1.165, 1.54) is 10.4 Å². The van der Waals surface area contributed by atoms with E-state index in [-0.39, 0.29) is 11.7 Å². The van der Waals surface area contributed by atoms with Crippen LogP contribution in [0.5, 0.6) is 5.75 Å². The van der Waals surface area contributed by atoms with Gasteiger partial charge in [-0.2, -0.15) is 0 Å². The molecule has 0 saturated carbocycles. The highest BCUT2D eigenvalue weighted by molar-refractivity contribution is 5.66. The third-order valence-corrected chi connectivity index (χ3v) is 5.13. The first-order valence-electron chi connectivity index (χ1n) is 9.65. The summed E-state index contributed by atoms with van der Waals surface area (Å²) in [6.07, 6.45) is 5.27. The average molecular weight is 377 g/mol. The quantitative estimate of drug-likeness (QED) is 0.592. The fourth-order valence-corrected chi connectivity index (χ4v) is 3.62. The van der Waals surface area contributed by atoms with E-state index in [0.29, 0.717) is 23.0 Å². The van der Waals surface area contributed by atoms with E-state index in [9.17, 15) is 5.11 Å². The molecule has 1 aromatic heterocycles. The Balaban J connectivity index is 1.68. The predicted molar refractivity (Wildman–Crippen MR) is 114 cm³/mol. The van der Waals surface area contributed by atoms with E-state index in [1.54, 1.807) is 12.1 Å². The number of nitrogens with zero attached hydrogens (tertiary/aromatic N) is 3. The number of fused-ring (bicyclic) bond motifs is 1. The lowest BCUT2D eigenvalue weighted by atomic mass is 9.96. The molecule has 0 saturated heterocycles. The molecule has 0 aliphatic heterocycles. The first kappa shape index (κ1) is 17.3. The van der Waals surface area contributed by atoms with Gasteiger partial charge >= 0.3 is 0 Å². The molecule has 1 heterocycles. The molecule has 140 valence electrons. The summed E-state index contributed by atoms with van der Waals surface area (Å²) in [5, 5.41) is 12.8. The molecule has 0 spiro atoms. The molecule has 4 heteroatoms. The Labute approximate surface area is 168 Å². The third kappa shape index (κ3) is 3.41. The second-order valence-electron chi connectivity index (χ2n) is 7.07. The summed E-state index contributed by atoms with van der Waals surface area (Å²) in [5.41, 5.74) is 1.53. The van der Waals surface area contributed by atoms with Crippen LogP contribution in [0.4, 0.5) is 0 Å². The zero-order valence-corrected chi connectivity index (χ0v) is 15.7. The molecule has 1 unspecified atom stereocenters. The lowest BCUT2D eigenvalue weighted by molar-refractivity contribution is 0.477. The Morgan fingerprint density at radius 2 is 1.38 bits per heavy atom. The van der Waals surface area contributed by atoms with Gasteiger partial charge in [-0.05, 0) is 29.0 Å². The molecule has 1 aliphatic rings. The highest BCUT2D eigenvalue weighted by atomic mass is 16.3. The largest absolute Gasteiger partial charge is 0.507 e. The fourth-order valence-electron chi connectivity index (χ4n) is 3.62. The molecular formula is C25H19N3O. The maximum absolute atomic E-state index is 10.3. The van der Waals surface area contributed by atoms with Crippen LogP contribution in [0.15, 0.2) is 78.9 Å². The minimum absolute atomic E-state index is 0.0555. The third-order valence-electron chi connectivity index (χ3n) is 5.13. The molecule has 4 nitrogen and oxygen atoms in total. The Morgan fingerprint density at radius 3 is 2.21 bits per heavy atom. The van der Waals surface area contributed by atoms with Crippen LogP contribution >= 0.6 is 0 Å². The molecule has 0 radical (unpaired) electrons. The van der Waals surface area contributed by atoms with Gasteiger partial charge in [-0.3, -0.25) is 0 Å². The molecule has 5 rings (SSSR count). The topological polar surface area (TPSA) is 58.9 Å². The van der Waals surface area contributed by atoms with Crippen LogP contribution in [0.1, 0.15) is 18.2 Å². The van der Waals surface area contributed by atoms with Gasteiger partial charge < -0.3 is 5.11 Å². The summed E-state index contributed by atoms with van der Waals surface area (Å²) in [6, 6.07) is 25.3. The molecule has 0 fully saturated rings. The Hall–Kier alpha value is -3.79. The van der Waals surface area contributed by atoms with Gasteiger partial charge in [0.05, 0.1) is 5.56 Å². The number of aromatic nitrogens is 3.